The number of nitriles is 1. The van der Waals surface area contributed by atoms with E-state index in [1.165, 1.54) is 7.11 Å². The van der Waals surface area contributed by atoms with Crippen molar-refractivity contribution in [1.82, 2.24) is 0 Å². The zero-order valence-corrected chi connectivity index (χ0v) is 19.6. The number of carbonyl (C=O) groups excluding carboxylic acids is 1. The lowest BCUT2D eigenvalue weighted by atomic mass is 10.1. The van der Waals surface area contributed by atoms with E-state index in [1.807, 2.05) is 72.9 Å². The Morgan fingerprint density at radius 3 is 2.31 bits per heavy atom. The van der Waals surface area contributed by atoms with E-state index < -0.39 is 6.10 Å². The second-order valence-electron chi connectivity index (χ2n) is 7.84. The van der Waals surface area contributed by atoms with Crippen LogP contribution < -0.4 is 21.4 Å². The highest BCUT2D eigenvalue weighted by atomic mass is 16.5. The molecule has 4 aromatic rings. The van der Waals surface area contributed by atoms with Crippen molar-refractivity contribution in [1.29, 1.82) is 5.26 Å². The molecule has 0 aliphatic carbocycles. The van der Waals surface area contributed by atoms with E-state index in [9.17, 15) is 10.1 Å². The fourth-order valence-electron chi connectivity index (χ4n) is 3.63. The highest BCUT2D eigenvalue weighted by Gasteiger charge is 2.20. The first-order valence-electron chi connectivity index (χ1n) is 11.2. The maximum absolute atomic E-state index is 12.7. The fraction of sp³-hybridized carbons (Fsp3) is 0.0714. The summed E-state index contributed by atoms with van der Waals surface area (Å²) in [6, 6.07) is 29.7. The fourth-order valence-corrected chi connectivity index (χ4v) is 3.63. The quantitative estimate of drug-likeness (QED) is 0.268. The lowest BCUT2D eigenvalue weighted by Gasteiger charge is -2.15. The van der Waals surface area contributed by atoms with Crippen LogP contribution in [-0.2, 0) is 9.53 Å². The number of nitrogens with zero attached hydrogens (tertiary/aromatic N) is 2. The van der Waals surface area contributed by atoms with Crippen LogP contribution in [0.3, 0.4) is 0 Å². The third-order valence-electron chi connectivity index (χ3n) is 5.41. The standard InChI is InChI=1S/C28H24N6O2/c1-36-26(20-7-3-2-4-8-20)27(35)32-23-14-11-19(12-15-23)22-13-16-25(31-18-22)34-28(30)33-24-10-6-5-9-21(24)17-29/h2-16,18,26H,1H3,(H,32,35)(H3,30,31,33,34)/p+1/t26-/m0/s1. The van der Waals surface area contributed by atoms with Gasteiger partial charge in [-0.3, -0.25) is 4.79 Å². The van der Waals surface area contributed by atoms with Crippen molar-refractivity contribution >= 4 is 29.1 Å². The van der Waals surface area contributed by atoms with Crippen LogP contribution in [0.4, 0.5) is 17.2 Å². The molecule has 178 valence electrons. The summed E-state index contributed by atoms with van der Waals surface area (Å²) in [5.41, 5.74) is 10.4. The molecular formula is C28H25N6O2+. The Balaban J connectivity index is 1.41. The summed E-state index contributed by atoms with van der Waals surface area (Å²) in [4.78, 5) is 20.1. The van der Waals surface area contributed by atoms with E-state index in [1.54, 1.807) is 24.3 Å². The van der Waals surface area contributed by atoms with Gasteiger partial charge in [0, 0.05) is 24.4 Å². The molecule has 0 unspecified atom stereocenters. The molecule has 1 aromatic heterocycles. The van der Waals surface area contributed by atoms with Gasteiger partial charge in [0.2, 0.25) is 0 Å². The summed E-state index contributed by atoms with van der Waals surface area (Å²) in [5.74, 6) is 0.468. The molecule has 0 fully saturated rings. The van der Waals surface area contributed by atoms with Gasteiger partial charge in [0.15, 0.2) is 6.10 Å². The predicted molar refractivity (Wildman–Crippen MR) is 139 cm³/mol. The van der Waals surface area contributed by atoms with Crippen molar-refractivity contribution in [2.24, 2.45) is 10.7 Å². The summed E-state index contributed by atoms with van der Waals surface area (Å²) in [7, 11) is 1.51. The number of guanidine groups is 1. The average molecular weight is 478 g/mol. The molecule has 0 saturated carbocycles. The van der Waals surface area contributed by atoms with Crippen molar-refractivity contribution in [2.45, 2.75) is 6.10 Å². The molecular weight excluding hydrogens is 452 g/mol. The number of benzene rings is 3. The number of pyridine rings is 1. The number of aliphatic imine (C=N–C) groups is 1. The number of rotatable bonds is 7. The molecule has 4 rings (SSSR count). The van der Waals surface area contributed by atoms with Crippen LogP contribution in [0.15, 0.2) is 102 Å². The molecule has 1 heterocycles. The van der Waals surface area contributed by atoms with Crippen LogP contribution in [0.5, 0.6) is 0 Å². The van der Waals surface area contributed by atoms with Gasteiger partial charge in [-0.15, -0.1) is 0 Å². The Labute approximate surface area is 209 Å². The number of aromatic amines is 1. The van der Waals surface area contributed by atoms with Crippen LogP contribution in [0.1, 0.15) is 17.2 Å². The van der Waals surface area contributed by atoms with Crippen LogP contribution in [0.25, 0.3) is 11.1 Å². The van der Waals surface area contributed by atoms with Crippen LogP contribution in [0.2, 0.25) is 0 Å². The molecule has 3 aromatic carbocycles. The van der Waals surface area contributed by atoms with Gasteiger partial charge in [0.25, 0.3) is 5.91 Å². The van der Waals surface area contributed by atoms with Gasteiger partial charge in [0.1, 0.15) is 6.07 Å². The zero-order chi connectivity index (χ0) is 25.3. The Morgan fingerprint density at radius 1 is 0.944 bits per heavy atom. The minimum atomic E-state index is -0.691. The van der Waals surface area contributed by atoms with Gasteiger partial charge in [-0.1, -0.05) is 54.6 Å². The van der Waals surface area contributed by atoms with Crippen LogP contribution >= 0.6 is 0 Å². The lowest BCUT2D eigenvalue weighted by Crippen LogP contribution is -2.23. The summed E-state index contributed by atoms with van der Waals surface area (Å²) >= 11 is 0. The Morgan fingerprint density at radius 2 is 1.64 bits per heavy atom. The van der Waals surface area contributed by atoms with Gasteiger partial charge < -0.3 is 21.1 Å². The molecule has 0 bridgehead atoms. The first-order valence-corrected chi connectivity index (χ1v) is 11.2. The highest BCUT2D eigenvalue weighted by molar-refractivity contribution is 5.95. The van der Waals surface area contributed by atoms with E-state index in [0.29, 0.717) is 22.8 Å². The van der Waals surface area contributed by atoms with Gasteiger partial charge >= 0.3 is 11.8 Å². The summed E-state index contributed by atoms with van der Waals surface area (Å²) in [6.07, 6.45) is 1.13. The smallest absolute Gasteiger partial charge is 0.325 e. The van der Waals surface area contributed by atoms with Crippen LogP contribution in [-0.4, -0.2) is 19.0 Å². The van der Waals surface area contributed by atoms with Gasteiger partial charge in [0.05, 0.1) is 17.4 Å². The molecule has 8 nitrogen and oxygen atoms in total. The van der Waals surface area contributed by atoms with Crippen molar-refractivity contribution < 1.29 is 14.5 Å². The number of para-hydroxylation sites is 1. The molecule has 0 aliphatic heterocycles. The highest BCUT2D eigenvalue weighted by Crippen LogP contribution is 2.23. The lowest BCUT2D eigenvalue weighted by molar-refractivity contribution is -0.361. The molecule has 0 radical (unpaired) electrons. The van der Waals surface area contributed by atoms with Gasteiger partial charge in [-0.05, 0) is 46.5 Å². The third kappa shape index (κ3) is 5.91. The maximum Gasteiger partial charge on any atom is 0.325 e. The molecule has 0 spiro atoms. The molecule has 36 heavy (non-hydrogen) atoms. The summed E-state index contributed by atoms with van der Waals surface area (Å²) in [6.45, 7) is 0. The van der Waals surface area contributed by atoms with E-state index in [2.05, 4.69) is 26.7 Å². The van der Waals surface area contributed by atoms with Crippen LogP contribution in [0, 0.1) is 11.3 Å². The number of aromatic nitrogens is 1. The van der Waals surface area contributed by atoms with E-state index in [4.69, 9.17) is 10.5 Å². The van der Waals surface area contributed by atoms with Crippen molar-refractivity contribution in [3.8, 4) is 17.2 Å². The Bertz CT molecular complexity index is 1390. The Hall–Kier alpha value is -5.00. The number of carbonyl (C=O) groups is 1. The second kappa shape index (κ2) is 11.4. The normalized spacial score (nSPS) is 11.8. The van der Waals surface area contributed by atoms with Crippen molar-refractivity contribution in [3.63, 3.8) is 0 Å². The summed E-state index contributed by atoms with van der Waals surface area (Å²) in [5, 5.41) is 15.0. The molecule has 8 heteroatoms. The number of ether oxygens (including phenoxy) is 1. The topological polar surface area (TPSA) is 127 Å². The number of hydrogen-bond acceptors (Lipinski definition) is 4. The summed E-state index contributed by atoms with van der Waals surface area (Å²) < 4.78 is 5.39. The molecule has 0 aliphatic rings. The first kappa shape index (κ1) is 24.1. The second-order valence-corrected chi connectivity index (χ2v) is 7.84. The Kier molecular flexibility index (Phi) is 7.66. The SMILES string of the molecule is CO[C@H](C(=O)Nc1ccc(-c2ccc(N=C(N)Nc3ccccc3C#N)[nH+]c2)cc1)c1ccccc1. The molecule has 1 amide bonds. The number of methoxy groups -OCH3 is 1. The monoisotopic (exact) mass is 477 g/mol. The van der Waals surface area contributed by atoms with Gasteiger partial charge in [-0.25, -0.2) is 4.98 Å². The molecule has 1 atom stereocenters. The molecule has 0 saturated heterocycles. The minimum absolute atomic E-state index is 0.159. The van der Waals surface area contributed by atoms with Gasteiger partial charge in [-0.2, -0.15) is 5.26 Å². The number of anilines is 2. The number of hydrogen-bond donors (Lipinski definition) is 3. The maximum atomic E-state index is 12.7. The number of nitrogens with one attached hydrogen (secondary N) is 3. The molecule has 5 N–H and O–H groups in total. The number of H-pyrrole nitrogens is 1. The largest absolute Gasteiger partial charge is 0.367 e. The number of amides is 1. The van der Waals surface area contributed by atoms with E-state index in [0.717, 1.165) is 16.7 Å². The zero-order valence-electron chi connectivity index (χ0n) is 19.6. The van der Waals surface area contributed by atoms with Crippen molar-refractivity contribution in [3.05, 3.63) is 108 Å². The predicted octanol–water partition coefficient (Wildman–Crippen LogP) is 4.42. The van der Waals surface area contributed by atoms with E-state index in [-0.39, 0.29) is 11.9 Å². The number of nitrogens with two attached hydrogens (primary N) is 1. The first-order chi connectivity index (χ1) is 17.6. The van der Waals surface area contributed by atoms with Crippen molar-refractivity contribution in [2.75, 3.05) is 17.7 Å². The third-order valence-corrected chi connectivity index (χ3v) is 5.41. The minimum Gasteiger partial charge on any atom is -0.367 e. The average Bonchev–Trinajstić information content (AvgIpc) is 2.91. The van der Waals surface area contributed by atoms with E-state index >= 15 is 0 Å².